The molecule has 2 aromatic rings. The van der Waals surface area contributed by atoms with Crippen LogP contribution < -0.4 is 10.2 Å². The van der Waals surface area contributed by atoms with Crippen LogP contribution in [0.5, 0.6) is 5.75 Å². The summed E-state index contributed by atoms with van der Waals surface area (Å²) < 4.78 is 5.36. The van der Waals surface area contributed by atoms with E-state index in [4.69, 9.17) is 4.74 Å². The van der Waals surface area contributed by atoms with Crippen molar-refractivity contribution in [2.75, 3.05) is 0 Å². The van der Waals surface area contributed by atoms with Crippen molar-refractivity contribution < 1.29 is 14.3 Å². The molecule has 0 atom stereocenters. The fourth-order valence-electron chi connectivity index (χ4n) is 2.78. The first-order chi connectivity index (χ1) is 14.1. The lowest BCUT2D eigenvalue weighted by molar-refractivity contribution is -0.121. The lowest BCUT2D eigenvalue weighted by Gasteiger charge is -2.05. The third-order valence-electron chi connectivity index (χ3n) is 4.54. The number of carbonyl (C=O) groups excluding carboxylic acids is 2. The molecule has 5 heteroatoms. The lowest BCUT2D eigenvalue weighted by atomic mass is 10.1. The molecule has 0 radical (unpaired) electrons. The van der Waals surface area contributed by atoms with Gasteiger partial charge in [-0.3, -0.25) is 4.79 Å². The Bertz CT molecular complexity index is 796. The van der Waals surface area contributed by atoms with Crippen LogP contribution in [-0.4, -0.2) is 18.1 Å². The highest BCUT2D eigenvalue weighted by Gasteiger charge is 2.08. The van der Waals surface area contributed by atoms with E-state index in [9.17, 15) is 9.59 Å². The van der Waals surface area contributed by atoms with E-state index in [1.165, 1.54) is 25.7 Å². The van der Waals surface area contributed by atoms with Gasteiger partial charge in [0.15, 0.2) is 0 Å². The smallest absolute Gasteiger partial charge is 0.343 e. The minimum Gasteiger partial charge on any atom is -0.423 e. The zero-order valence-electron chi connectivity index (χ0n) is 17.3. The van der Waals surface area contributed by atoms with Gasteiger partial charge >= 0.3 is 5.97 Å². The van der Waals surface area contributed by atoms with Crippen LogP contribution in [0, 0.1) is 6.92 Å². The Morgan fingerprint density at radius 1 is 0.931 bits per heavy atom. The highest BCUT2D eigenvalue weighted by molar-refractivity contribution is 5.91. The highest BCUT2D eigenvalue weighted by atomic mass is 16.5. The largest absolute Gasteiger partial charge is 0.423 e. The molecule has 0 unspecified atom stereocenters. The number of carbonyl (C=O) groups is 2. The van der Waals surface area contributed by atoms with Gasteiger partial charge in [-0.05, 0) is 55.3 Å². The maximum Gasteiger partial charge on any atom is 0.343 e. The molecule has 0 fully saturated rings. The molecule has 0 bridgehead atoms. The molecule has 1 amide bonds. The Hall–Kier alpha value is -2.95. The van der Waals surface area contributed by atoms with Gasteiger partial charge in [0, 0.05) is 6.42 Å². The average Bonchev–Trinajstić information content (AvgIpc) is 2.72. The first kappa shape index (κ1) is 22.3. The van der Waals surface area contributed by atoms with Crippen LogP contribution >= 0.6 is 0 Å². The van der Waals surface area contributed by atoms with Gasteiger partial charge in [0.2, 0.25) is 5.91 Å². The summed E-state index contributed by atoms with van der Waals surface area (Å²) in [5.41, 5.74) is 4.95. The van der Waals surface area contributed by atoms with Crippen molar-refractivity contribution in [1.29, 1.82) is 0 Å². The standard InChI is InChI=1S/C24H30N2O3/c1-3-4-5-6-7-8-9-23(27)26-25-18-20-12-16-22(17-13-20)29-24(28)21-14-10-19(2)11-15-21/h10-18H,3-9H2,1-2H3,(H,26,27). The fourth-order valence-corrected chi connectivity index (χ4v) is 2.78. The van der Waals surface area contributed by atoms with Gasteiger partial charge in [0.1, 0.15) is 5.75 Å². The Morgan fingerprint density at radius 2 is 1.59 bits per heavy atom. The van der Waals surface area contributed by atoms with Crippen molar-refractivity contribution in [2.24, 2.45) is 5.10 Å². The van der Waals surface area contributed by atoms with Crippen molar-refractivity contribution in [2.45, 2.75) is 58.8 Å². The molecule has 0 aliphatic rings. The summed E-state index contributed by atoms with van der Waals surface area (Å²) in [6.45, 7) is 4.16. The number of aryl methyl sites for hydroxylation is 1. The van der Waals surface area contributed by atoms with Gasteiger partial charge in [-0.2, -0.15) is 5.10 Å². The number of hydrazone groups is 1. The SMILES string of the molecule is CCCCCCCCC(=O)NN=Cc1ccc(OC(=O)c2ccc(C)cc2)cc1. The van der Waals surface area contributed by atoms with Crippen LogP contribution in [0.4, 0.5) is 0 Å². The quantitative estimate of drug-likeness (QED) is 0.182. The number of esters is 1. The second kappa shape index (κ2) is 12.5. The van der Waals surface area contributed by atoms with E-state index in [0.29, 0.717) is 17.7 Å². The molecular formula is C24H30N2O3. The zero-order chi connectivity index (χ0) is 20.9. The van der Waals surface area contributed by atoms with E-state index in [1.807, 2.05) is 19.1 Å². The van der Waals surface area contributed by atoms with E-state index in [0.717, 1.165) is 24.0 Å². The first-order valence-electron chi connectivity index (χ1n) is 10.3. The van der Waals surface area contributed by atoms with Gasteiger partial charge in [-0.15, -0.1) is 0 Å². The minimum absolute atomic E-state index is 0.0691. The fraction of sp³-hybridized carbons (Fsp3) is 0.375. The lowest BCUT2D eigenvalue weighted by Crippen LogP contribution is -2.16. The molecule has 2 rings (SSSR count). The van der Waals surface area contributed by atoms with Crippen LogP contribution in [-0.2, 0) is 4.79 Å². The third-order valence-corrected chi connectivity index (χ3v) is 4.54. The van der Waals surface area contributed by atoms with Crippen molar-refractivity contribution in [3.8, 4) is 5.75 Å². The maximum absolute atomic E-state index is 12.1. The predicted octanol–water partition coefficient (Wildman–Crippen LogP) is 5.41. The van der Waals surface area contributed by atoms with Gasteiger partial charge in [-0.25, -0.2) is 10.2 Å². The Kier molecular flexibility index (Phi) is 9.63. The van der Waals surface area contributed by atoms with Gasteiger partial charge in [-0.1, -0.05) is 56.7 Å². The van der Waals surface area contributed by atoms with Gasteiger partial charge in [0.25, 0.3) is 0 Å². The Balaban J connectivity index is 1.72. The van der Waals surface area contributed by atoms with E-state index in [-0.39, 0.29) is 5.91 Å². The summed E-state index contributed by atoms with van der Waals surface area (Å²) in [5, 5.41) is 3.98. The molecular weight excluding hydrogens is 364 g/mol. The monoisotopic (exact) mass is 394 g/mol. The molecule has 154 valence electrons. The van der Waals surface area contributed by atoms with E-state index < -0.39 is 5.97 Å². The Morgan fingerprint density at radius 3 is 2.28 bits per heavy atom. The van der Waals surface area contributed by atoms with Gasteiger partial charge < -0.3 is 4.74 Å². The molecule has 29 heavy (non-hydrogen) atoms. The van der Waals surface area contributed by atoms with Crippen molar-refractivity contribution in [3.05, 3.63) is 65.2 Å². The number of benzene rings is 2. The van der Waals surface area contributed by atoms with E-state index >= 15 is 0 Å². The molecule has 1 N–H and O–H groups in total. The number of unbranched alkanes of at least 4 members (excludes halogenated alkanes) is 5. The number of nitrogens with zero attached hydrogens (tertiary/aromatic N) is 1. The summed E-state index contributed by atoms with van der Waals surface area (Å²) in [5.74, 6) is -0.00593. The molecule has 2 aromatic carbocycles. The Labute approximate surface area is 173 Å². The summed E-state index contributed by atoms with van der Waals surface area (Å²) in [6.07, 6.45) is 8.97. The van der Waals surface area contributed by atoms with Crippen molar-refractivity contribution in [3.63, 3.8) is 0 Å². The predicted molar refractivity (Wildman–Crippen MR) is 116 cm³/mol. The minimum atomic E-state index is -0.395. The first-order valence-corrected chi connectivity index (χ1v) is 10.3. The van der Waals surface area contributed by atoms with E-state index in [2.05, 4.69) is 17.5 Å². The van der Waals surface area contributed by atoms with Crippen LogP contribution in [0.3, 0.4) is 0 Å². The molecule has 0 saturated carbocycles. The maximum atomic E-state index is 12.1. The second-order valence-corrected chi connectivity index (χ2v) is 7.14. The van der Waals surface area contributed by atoms with E-state index in [1.54, 1.807) is 42.6 Å². The van der Waals surface area contributed by atoms with Crippen molar-refractivity contribution in [1.82, 2.24) is 5.43 Å². The zero-order valence-corrected chi connectivity index (χ0v) is 17.3. The van der Waals surface area contributed by atoms with Crippen LogP contribution in [0.25, 0.3) is 0 Å². The molecule has 0 aromatic heterocycles. The molecule has 0 saturated heterocycles. The molecule has 0 aliphatic carbocycles. The number of hydrogen-bond donors (Lipinski definition) is 1. The summed E-state index contributed by atoms with van der Waals surface area (Å²) >= 11 is 0. The number of nitrogens with one attached hydrogen (secondary N) is 1. The number of rotatable bonds is 11. The van der Waals surface area contributed by atoms with Gasteiger partial charge in [0.05, 0.1) is 11.8 Å². The van der Waals surface area contributed by atoms with Crippen molar-refractivity contribution >= 4 is 18.1 Å². The van der Waals surface area contributed by atoms with Crippen LogP contribution in [0.2, 0.25) is 0 Å². The van der Waals surface area contributed by atoms with Crippen LogP contribution in [0.1, 0.15) is 73.4 Å². The van der Waals surface area contributed by atoms with Crippen LogP contribution in [0.15, 0.2) is 53.6 Å². The third kappa shape index (κ3) is 8.73. The average molecular weight is 395 g/mol. The summed E-state index contributed by atoms with van der Waals surface area (Å²) in [6, 6.07) is 14.2. The normalized spacial score (nSPS) is 10.8. The molecule has 0 heterocycles. The topological polar surface area (TPSA) is 67.8 Å². The number of amides is 1. The second-order valence-electron chi connectivity index (χ2n) is 7.14. The molecule has 0 aliphatic heterocycles. The molecule has 5 nitrogen and oxygen atoms in total. The highest BCUT2D eigenvalue weighted by Crippen LogP contribution is 2.14. The number of ether oxygens (including phenoxy) is 1. The number of hydrogen-bond acceptors (Lipinski definition) is 4. The molecule has 0 spiro atoms. The summed E-state index contributed by atoms with van der Waals surface area (Å²) in [4.78, 5) is 23.9. The summed E-state index contributed by atoms with van der Waals surface area (Å²) in [7, 11) is 0.